The number of hydrogen-bond donors (Lipinski definition) is 1. The average molecular weight is 510 g/mol. The molecule has 10 heteroatoms. The highest BCUT2D eigenvalue weighted by atomic mass is 32.1. The molecule has 0 saturated carbocycles. The van der Waals surface area contributed by atoms with Crippen molar-refractivity contribution >= 4 is 36.9 Å². The van der Waals surface area contributed by atoms with Crippen LogP contribution in [0.25, 0.3) is 0 Å². The van der Waals surface area contributed by atoms with Crippen molar-refractivity contribution in [3.8, 4) is 0 Å². The number of morpholine rings is 1. The summed E-state index contributed by atoms with van der Waals surface area (Å²) < 4.78 is 38.1. The lowest BCUT2D eigenvalue weighted by Crippen LogP contribution is -2.50. The van der Waals surface area contributed by atoms with E-state index < -0.39 is 35.3 Å². The molecule has 1 aliphatic rings. The fourth-order valence-electron chi connectivity index (χ4n) is 3.68. The van der Waals surface area contributed by atoms with Gasteiger partial charge in [-0.15, -0.1) is 0 Å². The van der Waals surface area contributed by atoms with Crippen LogP contribution in [0.1, 0.15) is 26.3 Å². The summed E-state index contributed by atoms with van der Waals surface area (Å²) in [4.78, 5) is 29.4. The van der Waals surface area contributed by atoms with Crippen molar-refractivity contribution in [2.75, 3.05) is 43.2 Å². The molecule has 1 atom stereocenters. The predicted molar refractivity (Wildman–Crippen MR) is 136 cm³/mol. The van der Waals surface area contributed by atoms with Crippen molar-refractivity contribution in [1.82, 2.24) is 5.32 Å². The number of anilines is 2. The Kier molecular flexibility index (Phi) is 9.91. The van der Waals surface area contributed by atoms with Crippen LogP contribution in [0, 0.1) is 11.6 Å². The molecule has 2 amide bonds. The van der Waals surface area contributed by atoms with E-state index in [1.165, 1.54) is 4.90 Å². The number of likely N-dealkylation sites (N-methyl/N-ethyl adjacent to an activating group) is 1. The molecule has 7 nitrogen and oxygen atoms in total. The first kappa shape index (κ1) is 28.4. The number of alkyl carbamates (subject to hydrolysis) is 1. The van der Waals surface area contributed by atoms with Crippen LogP contribution in [0.4, 0.5) is 25.0 Å². The van der Waals surface area contributed by atoms with E-state index in [2.05, 4.69) is 10.2 Å². The molecule has 0 spiro atoms. The molecule has 1 fully saturated rings. The molecular formula is C25H33F2N3O4S. The molecule has 2 aromatic rings. The summed E-state index contributed by atoms with van der Waals surface area (Å²) >= 11 is 0. The third-order valence-corrected chi connectivity index (χ3v) is 5.30. The lowest BCUT2D eigenvalue weighted by molar-refractivity contribution is -0.120. The fraction of sp³-hybridized carbons (Fsp3) is 0.440. The second kappa shape index (κ2) is 12.2. The van der Waals surface area contributed by atoms with Crippen molar-refractivity contribution in [1.29, 1.82) is 0 Å². The van der Waals surface area contributed by atoms with Crippen LogP contribution in [0.2, 0.25) is 0 Å². The topological polar surface area (TPSA) is 71.1 Å². The molecule has 0 radical (unpaired) electrons. The zero-order valence-corrected chi connectivity index (χ0v) is 21.4. The Hall–Kier alpha value is -2.85. The summed E-state index contributed by atoms with van der Waals surface area (Å²) in [5.41, 5.74) is 1.10. The van der Waals surface area contributed by atoms with Gasteiger partial charge in [-0.25, -0.2) is 13.6 Å². The molecule has 1 saturated heterocycles. The monoisotopic (exact) mass is 509 g/mol. The van der Waals surface area contributed by atoms with Gasteiger partial charge in [-0.1, -0.05) is 0 Å². The molecule has 0 bridgehead atoms. The van der Waals surface area contributed by atoms with Gasteiger partial charge < -0.3 is 24.6 Å². The second-order valence-electron chi connectivity index (χ2n) is 9.19. The maximum atomic E-state index is 13.7. The fourth-order valence-corrected chi connectivity index (χ4v) is 3.68. The maximum Gasteiger partial charge on any atom is 0.408 e. The third-order valence-electron chi connectivity index (χ3n) is 5.30. The number of carbonyl (C=O) groups excluding carboxylic acids is 2. The van der Waals surface area contributed by atoms with Gasteiger partial charge in [-0.2, -0.15) is 13.5 Å². The van der Waals surface area contributed by atoms with Crippen LogP contribution in [0.3, 0.4) is 0 Å². The molecule has 192 valence electrons. The first-order valence-electron chi connectivity index (χ1n) is 11.2. The number of hydrogen-bond acceptors (Lipinski definition) is 5. The van der Waals surface area contributed by atoms with E-state index in [-0.39, 0.29) is 25.5 Å². The Balaban J connectivity index is 0.00000432. The predicted octanol–water partition coefficient (Wildman–Crippen LogP) is 4.01. The summed E-state index contributed by atoms with van der Waals surface area (Å²) in [6.07, 6.45) is -0.901. The van der Waals surface area contributed by atoms with Crippen molar-refractivity contribution < 1.29 is 27.8 Å². The number of ether oxygens (including phenoxy) is 2. The molecular weight excluding hydrogens is 476 g/mol. The van der Waals surface area contributed by atoms with Gasteiger partial charge in [0, 0.05) is 44.0 Å². The van der Waals surface area contributed by atoms with E-state index in [0.29, 0.717) is 18.9 Å². The first-order valence-corrected chi connectivity index (χ1v) is 11.2. The zero-order valence-electron chi connectivity index (χ0n) is 20.4. The van der Waals surface area contributed by atoms with E-state index in [1.54, 1.807) is 27.8 Å². The molecule has 2 aromatic carbocycles. The van der Waals surface area contributed by atoms with Gasteiger partial charge in [0.25, 0.3) is 0 Å². The molecule has 1 aliphatic heterocycles. The van der Waals surface area contributed by atoms with Gasteiger partial charge in [0.1, 0.15) is 23.3 Å². The number of nitrogens with zero attached hydrogens (tertiary/aromatic N) is 2. The smallest absolute Gasteiger partial charge is 0.408 e. The van der Waals surface area contributed by atoms with E-state index >= 15 is 0 Å². The van der Waals surface area contributed by atoms with Gasteiger partial charge in [0.15, 0.2) is 0 Å². The van der Waals surface area contributed by atoms with E-state index in [1.807, 2.05) is 24.3 Å². The summed E-state index contributed by atoms with van der Waals surface area (Å²) in [7, 11) is 1.59. The standard InChI is InChI=1S/C25H31F2N3O4.H2S/c1-25(2,3)34-24(32)28-22(15-17-13-18(26)16-19(27)14-17)23(31)29(4)20-5-7-21(8-6-20)30-9-11-33-12-10-30;/h5-8,13-14,16,22H,9-12,15H2,1-4H3,(H,28,32);1H2/t22-;/m0./s1. The minimum atomic E-state index is -1.10. The number of rotatable bonds is 6. The highest BCUT2D eigenvalue weighted by molar-refractivity contribution is 7.59. The van der Waals surface area contributed by atoms with Crippen molar-refractivity contribution in [3.63, 3.8) is 0 Å². The van der Waals surface area contributed by atoms with E-state index in [0.717, 1.165) is 37.0 Å². The summed E-state index contributed by atoms with van der Waals surface area (Å²) in [5.74, 6) is -1.97. The molecule has 3 rings (SSSR count). The lowest BCUT2D eigenvalue weighted by Gasteiger charge is -2.30. The Morgan fingerprint density at radius 3 is 2.20 bits per heavy atom. The Morgan fingerprint density at radius 2 is 1.66 bits per heavy atom. The minimum absolute atomic E-state index is 0. The number of nitrogens with one attached hydrogen (secondary N) is 1. The van der Waals surface area contributed by atoms with Gasteiger partial charge in [-0.05, 0) is 62.7 Å². The van der Waals surface area contributed by atoms with Crippen molar-refractivity contribution in [2.24, 2.45) is 0 Å². The van der Waals surface area contributed by atoms with Gasteiger partial charge in [-0.3, -0.25) is 4.79 Å². The molecule has 0 unspecified atom stereocenters. The van der Waals surface area contributed by atoms with Gasteiger partial charge in [0.05, 0.1) is 13.2 Å². The maximum absolute atomic E-state index is 13.7. The SMILES string of the molecule is CN(C(=O)[C@H](Cc1cc(F)cc(F)c1)NC(=O)OC(C)(C)C)c1ccc(N2CCOCC2)cc1.S. The molecule has 0 aromatic heterocycles. The zero-order chi connectivity index (χ0) is 24.9. The number of amides is 2. The van der Waals surface area contributed by atoms with Crippen LogP contribution in [-0.4, -0.2) is 57.0 Å². The van der Waals surface area contributed by atoms with Gasteiger partial charge >= 0.3 is 6.09 Å². The molecule has 35 heavy (non-hydrogen) atoms. The van der Waals surface area contributed by atoms with Crippen molar-refractivity contribution in [3.05, 3.63) is 59.7 Å². The summed E-state index contributed by atoms with van der Waals surface area (Å²) in [6, 6.07) is 9.40. The average Bonchev–Trinajstić information content (AvgIpc) is 2.76. The van der Waals surface area contributed by atoms with Crippen LogP contribution in [0.15, 0.2) is 42.5 Å². The quantitative estimate of drug-likeness (QED) is 0.637. The van der Waals surface area contributed by atoms with Gasteiger partial charge in [0.2, 0.25) is 5.91 Å². The molecule has 1 N–H and O–H groups in total. The Morgan fingerprint density at radius 1 is 1.09 bits per heavy atom. The normalized spacial score (nSPS) is 14.5. The number of halogens is 2. The highest BCUT2D eigenvalue weighted by Gasteiger charge is 2.28. The number of carbonyl (C=O) groups is 2. The van der Waals surface area contributed by atoms with E-state index in [9.17, 15) is 18.4 Å². The summed E-state index contributed by atoms with van der Waals surface area (Å²) in [6.45, 7) is 8.02. The Bertz CT molecular complexity index is 989. The second-order valence-corrected chi connectivity index (χ2v) is 9.19. The van der Waals surface area contributed by atoms with E-state index in [4.69, 9.17) is 9.47 Å². The largest absolute Gasteiger partial charge is 0.444 e. The molecule has 1 heterocycles. The van der Waals surface area contributed by atoms with Crippen LogP contribution in [0.5, 0.6) is 0 Å². The van der Waals surface area contributed by atoms with Crippen LogP contribution in [-0.2, 0) is 20.7 Å². The first-order chi connectivity index (χ1) is 16.0. The van der Waals surface area contributed by atoms with Crippen molar-refractivity contribution in [2.45, 2.75) is 38.8 Å². The van der Waals surface area contributed by atoms with Crippen LogP contribution >= 0.6 is 13.5 Å². The molecule has 0 aliphatic carbocycles. The minimum Gasteiger partial charge on any atom is -0.444 e. The Labute approximate surface area is 211 Å². The van der Waals surface area contributed by atoms with Crippen LogP contribution < -0.4 is 15.1 Å². The lowest BCUT2D eigenvalue weighted by atomic mass is 10.0. The highest BCUT2D eigenvalue weighted by Crippen LogP contribution is 2.22. The third kappa shape index (κ3) is 8.40. The summed E-state index contributed by atoms with van der Waals surface area (Å²) in [5, 5.41) is 2.56. The number of benzene rings is 2.